The highest BCUT2D eigenvalue weighted by atomic mass is 19.1. The normalized spacial score (nSPS) is 21.5. The molecule has 2 aliphatic carbocycles. The number of carbonyl (C=O) groups excluding carboxylic acids is 2. The highest BCUT2D eigenvalue weighted by molar-refractivity contribution is 6.03. The van der Waals surface area contributed by atoms with Gasteiger partial charge in [-0.05, 0) is 127 Å². The Balaban J connectivity index is 1.36. The molecule has 5 aromatic carbocycles. The molecule has 3 aliphatic rings. The zero-order chi connectivity index (χ0) is 49.0. The molecule has 0 aromatic heterocycles. The molecule has 1 saturated carbocycles. The molecule has 1 aliphatic heterocycles. The van der Waals surface area contributed by atoms with Crippen LogP contribution in [0.2, 0.25) is 0 Å². The summed E-state index contributed by atoms with van der Waals surface area (Å²) in [4.78, 5) is 35.4. The number of allylic oxidation sites excluding steroid dienone is 1. The predicted octanol–water partition coefficient (Wildman–Crippen LogP) is 10.5. The summed E-state index contributed by atoms with van der Waals surface area (Å²) in [5, 5.41) is 34.7. The molecule has 12 nitrogen and oxygen atoms in total. The molecule has 0 bridgehead atoms. The van der Waals surface area contributed by atoms with Crippen molar-refractivity contribution in [2.45, 2.75) is 75.8 Å². The Morgan fingerprint density at radius 3 is 2.36 bits per heavy atom. The van der Waals surface area contributed by atoms with Gasteiger partial charge in [-0.15, -0.1) is 6.58 Å². The number of nitrogens with zero attached hydrogens (tertiary/aromatic N) is 3. The number of fused-ring (bicyclic) bond motifs is 2. The van der Waals surface area contributed by atoms with E-state index in [-0.39, 0.29) is 63.1 Å². The summed E-state index contributed by atoms with van der Waals surface area (Å²) in [5.41, 5.74) is 4.90. The van der Waals surface area contributed by atoms with E-state index < -0.39 is 23.6 Å². The van der Waals surface area contributed by atoms with E-state index in [4.69, 9.17) is 28.9 Å². The Morgan fingerprint density at radius 2 is 1.66 bits per heavy atom. The van der Waals surface area contributed by atoms with E-state index >= 15 is 4.79 Å². The maximum atomic E-state index is 15.4. The Kier molecular flexibility index (Phi) is 16.2. The molecule has 2 N–H and O–H groups in total. The number of aliphatic hydroxyl groups excluding tert-OH is 2. The molecule has 0 saturated heterocycles. The third-order valence-corrected chi connectivity index (χ3v) is 13.6. The Labute approximate surface area is 408 Å². The van der Waals surface area contributed by atoms with E-state index in [0.717, 1.165) is 36.0 Å². The molecule has 1 amide bonds. The van der Waals surface area contributed by atoms with Crippen molar-refractivity contribution < 1.29 is 48.0 Å². The van der Waals surface area contributed by atoms with Crippen LogP contribution in [0.25, 0.3) is 0 Å². The van der Waals surface area contributed by atoms with Gasteiger partial charge in [0.05, 0.1) is 42.5 Å². The average molecular weight is 948 g/mol. The maximum Gasteiger partial charge on any atom is 0.254 e. The predicted molar refractivity (Wildman–Crippen MR) is 262 cm³/mol. The van der Waals surface area contributed by atoms with Crippen LogP contribution in [0.4, 0.5) is 4.39 Å². The van der Waals surface area contributed by atoms with Crippen LogP contribution in [0.3, 0.4) is 0 Å². The second kappa shape index (κ2) is 23.0. The molecule has 6 atom stereocenters. The number of aliphatic hydroxyl groups is 2. The fourth-order valence-electron chi connectivity index (χ4n) is 10.4. The largest absolute Gasteiger partial charge is 0.496 e. The number of carbonyl (C=O) groups is 2. The van der Waals surface area contributed by atoms with Crippen molar-refractivity contribution in [3.05, 3.63) is 179 Å². The Hall–Kier alpha value is -7.11. The lowest BCUT2D eigenvalue weighted by Gasteiger charge is -2.60. The van der Waals surface area contributed by atoms with E-state index in [1.54, 1.807) is 71.6 Å². The quantitative estimate of drug-likeness (QED) is 0.0296. The molecule has 0 spiro atoms. The van der Waals surface area contributed by atoms with E-state index in [1.165, 1.54) is 19.2 Å². The van der Waals surface area contributed by atoms with Crippen LogP contribution in [0.5, 0.6) is 23.0 Å². The van der Waals surface area contributed by atoms with Crippen LogP contribution in [0.1, 0.15) is 93.8 Å². The van der Waals surface area contributed by atoms with Crippen LogP contribution < -0.4 is 14.2 Å². The first-order valence-electron chi connectivity index (χ1n) is 23.8. The summed E-state index contributed by atoms with van der Waals surface area (Å²) < 4.78 is 41.0. The number of unbranched alkanes of at least 4 members (excludes halogenated alkanes) is 2. The number of nitriles is 1. The van der Waals surface area contributed by atoms with Gasteiger partial charge in [-0.3, -0.25) is 9.59 Å². The molecule has 1 fully saturated rings. The van der Waals surface area contributed by atoms with Crippen molar-refractivity contribution in [3.63, 3.8) is 0 Å². The number of ether oxygens (including phenoxy) is 4. The Bertz CT molecular complexity index is 2720. The average Bonchev–Trinajstić information content (AvgIpc) is 3.39. The minimum atomic E-state index is -1.60. The number of aldehydes is 1. The molecule has 8 rings (SSSR count). The van der Waals surface area contributed by atoms with E-state index in [0.29, 0.717) is 76.5 Å². The van der Waals surface area contributed by atoms with Crippen LogP contribution in [-0.4, -0.2) is 71.8 Å². The van der Waals surface area contributed by atoms with Crippen molar-refractivity contribution in [3.8, 4) is 29.1 Å². The molecule has 5 aromatic rings. The summed E-state index contributed by atoms with van der Waals surface area (Å²) in [7, 11) is 1.50. The first-order chi connectivity index (χ1) is 34.2. The zero-order valence-corrected chi connectivity index (χ0v) is 39.3. The number of hydrogen-bond acceptors (Lipinski definition) is 11. The summed E-state index contributed by atoms with van der Waals surface area (Å²) in [6.07, 6.45) is 8.90. The number of oxime groups is 1. The van der Waals surface area contributed by atoms with E-state index in [1.807, 2.05) is 42.5 Å². The van der Waals surface area contributed by atoms with Crippen LogP contribution in [-0.2, 0) is 22.7 Å². The fraction of sp³-hybridized carbons (Fsp3) is 0.333. The maximum absolute atomic E-state index is 15.4. The number of rotatable bonds is 22. The molecular formula is C57H58FN3O9. The summed E-state index contributed by atoms with van der Waals surface area (Å²) in [6, 6.07) is 34.1. The monoisotopic (exact) mass is 947 g/mol. The molecular weight excluding hydrogens is 890 g/mol. The van der Waals surface area contributed by atoms with Crippen molar-refractivity contribution in [2.24, 2.45) is 22.9 Å². The van der Waals surface area contributed by atoms with Gasteiger partial charge in [0, 0.05) is 43.2 Å². The number of halogens is 1. The molecule has 0 radical (unpaired) electrons. The number of benzene rings is 5. The lowest BCUT2D eigenvalue weighted by molar-refractivity contribution is -0.255. The van der Waals surface area contributed by atoms with Gasteiger partial charge >= 0.3 is 0 Å². The van der Waals surface area contributed by atoms with E-state index in [9.17, 15) is 24.7 Å². The van der Waals surface area contributed by atoms with Crippen LogP contribution in [0, 0.1) is 34.9 Å². The van der Waals surface area contributed by atoms with Gasteiger partial charge in [-0.25, -0.2) is 4.39 Å². The Morgan fingerprint density at radius 1 is 0.929 bits per heavy atom. The van der Waals surface area contributed by atoms with Crippen LogP contribution >= 0.6 is 0 Å². The van der Waals surface area contributed by atoms with Crippen molar-refractivity contribution in [1.29, 1.82) is 5.26 Å². The number of amides is 1. The van der Waals surface area contributed by atoms with Gasteiger partial charge in [0.15, 0.2) is 6.29 Å². The highest BCUT2D eigenvalue weighted by Gasteiger charge is 2.65. The third kappa shape index (κ3) is 10.7. The third-order valence-electron chi connectivity index (χ3n) is 13.6. The van der Waals surface area contributed by atoms with Gasteiger partial charge in [0.25, 0.3) is 5.91 Å². The van der Waals surface area contributed by atoms with Crippen LogP contribution in [0.15, 0.2) is 145 Å². The van der Waals surface area contributed by atoms with Gasteiger partial charge < -0.3 is 38.9 Å². The zero-order valence-electron chi connectivity index (χ0n) is 39.3. The number of hydrogen-bond donors (Lipinski definition) is 2. The van der Waals surface area contributed by atoms with Gasteiger partial charge in [0.2, 0.25) is 5.79 Å². The van der Waals surface area contributed by atoms with Gasteiger partial charge in [-0.1, -0.05) is 72.6 Å². The minimum Gasteiger partial charge on any atom is -0.496 e. The summed E-state index contributed by atoms with van der Waals surface area (Å²) in [5.74, 6) is -1.64. The first-order valence-corrected chi connectivity index (χ1v) is 23.8. The lowest BCUT2D eigenvalue weighted by atomic mass is 9.55. The molecule has 70 heavy (non-hydrogen) atoms. The molecule has 362 valence electrons. The highest BCUT2D eigenvalue weighted by Crippen LogP contribution is 2.62. The SMILES string of the molecule is C=CCO[C@@]12Oc3ccc(Oc4ccc(OC)c(C=O)c4)cc3[C@H]3[C@H](CCCCO)[C@@H](CCCCO)C=C(C(=NOCc4ccccc4)C[C@@H]1N(Cc1ccc(F)cc1)C(=O)c1ccc(C#N)cc1)[C@H]32. The fourth-order valence-corrected chi connectivity index (χ4v) is 10.4. The van der Waals surface area contributed by atoms with Crippen molar-refractivity contribution >= 4 is 17.9 Å². The standard InChI is InChI=1S/C57H58FN3O9/c1-3-29-67-57-53(61(35-39-17-21-44(58)22-18-39)56(65)41-19-15-38(34-59)16-20-41)33-50(60-68-37-40-11-5-4-6-12-40)48-31-42(13-7-9-27-62)47(14-8-10-28-63)54(55(48)57)49-32-46(24-26-52(49)70-57)69-45-23-25-51(66-2)43(30-45)36-64/h3-6,11-12,15-26,30-32,36,42,47,53-55,62-63H,1,7-10,13-14,27-29,33,35,37H2,2H3/t42-,47+,53-,54+,55+,57+/m0/s1. The second-order valence-corrected chi connectivity index (χ2v) is 17.9. The molecule has 1 heterocycles. The molecule has 0 unspecified atom stereocenters. The van der Waals surface area contributed by atoms with Crippen molar-refractivity contribution in [1.82, 2.24) is 4.90 Å². The topological polar surface area (TPSA) is 160 Å². The summed E-state index contributed by atoms with van der Waals surface area (Å²) in [6.45, 7) is 4.37. The van der Waals surface area contributed by atoms with E-state index in [2.05, 4.69) is 18.7 Å². The van der Waals surface area contributed by atoms with Crippen molar-refractivity contribution in [2.75, 3.05) is 26.9 Å². The summed E-state index contributed by atoms with van der Waals surface area (Å²) >= 11 is 0. The van der Waals surface area contributed by atoms with Gasteiger partial charge in [-0.2, -0.15) is 5.26 Å². The minimum absolute atomic E-state index is 0.0227. The second-order valence-electron chi connectivity index (χ2n) is 17.9. The first kappa shape index (κ1) is 49.3. The lowest BCUT2D eigenvalue weighted by Crippen LogP contribution is -2.70. The number of methoxy groups -OCH3 is 1. The van der Waals surface area contributed by atoms with Gasteiger partial charge in [0.1, 0.15) is 41.5 Å². The molecule has 13 heteroatoms. The smallest absolute Gasteiger partial charge is 0.254 e.